The molecule has 1 aromatic rings. The Labute approximate surface area is 126 Å². The molecule has 1 saturated heterocycles. The van der Waals surface area contributed by atoms with E-state index in [2.05, 4.69) is 12.2 Å². The molecular formula is C17H25NO3. The van der Waals surface area contributed by atoms with Crippen LogP contribution in [0.5, 0.6) is 0 Å². The molecule has 1 heterocycles. The summed E-state index contributed by atoms with van der Waals surface area (Å²) in [7, 11) is 0. The second-order valence-corrected chi connectivity index (χ2v) is 5.45. The summed E-state index contributed by atoms with van der Waals surface area (Å²) in [5.41, 5.74) is 0.558. The van der Waals surface area contributed by atoms with E-state index in [4.69, 9.17) is 9.47 Å². The molecule has 1 aliphatic rings. The van der Waals surface area contributed by atoms with Gasteiger partial charge in [-0.3, -0.25) is 4.79 Å². The zero-order chi connectivity index (χ0) is 15.0. The molecule has 0 amide bonds. The Morgan fingerprint density at radius 2 is 1.86 bits per heavy atom. The molecule has 1 aromatic carbocycles. The third-order valence-corrected chi connectivity index (χ3v) is 3.98. The second-order valence-electron chi connectivity index (χ2n) is 5.45. The summed E-state index contributed by atoms with van der Waals surface area (Å²) in [6.45, 7) is 5.27. The van der Waals surface area contributed by atoms with Crippen LogP contribution in [0.1, 0.15) is 31.7 Å². The van der Waals surface area contributed by atoms with E-state index < -0.39 is 5.41 Å². The minimum Gasteiger partial charge on any atom is -0.463 e. The molecule has 21 heavy (non-hydrogen) atoms. The molecule has 0 spiro atoms. The van der Waals surface area contributed by atoms with Crippen LogP contribution >= 0.6 is 0 Å². The van der Waals surface area contributed by atoms with Crippen molar-refractivity contribution in [1.82, 2.24) is 5.32 Å². The van der Waals surface area contributed by atoms with E-state index in [9.17, 15) is 4.79 Å². The van der Waals surface area contributed by atoms with Gasteiger partial charge < -0.3 is 14.8 Å². The molecular weight excluding hydrogens is 266 g/mol. The van der Waals surface area contributed by atoms with Crippen LogP contribution in [-0.2, 0) is 19.7 Å². The highest BCUT2D eigenvalue weighted by Crippen LogP contribution is 2.34. The molecule has 116 valence electrons. The molecule has 0 unspecified atom stereocenters. The van der Waals surface area contributed by atoms with Crippen LogP contribution in [0.2, 0.25) is 0 Å². The number of hydrogen-bond acceptors (Lipinski definition) is 4. The number of rotatable bonds is 7. The molecule has 4 heteroatoms. The Balaban J connectivity index is 2.01. The molecule has 2 rings (SSSR count). The average molecular weight is 291 g/mol. The van der Waals surface area contributed by atoms with Gasteiger partial charge in [-0.25, -0.2) is 0 Å². The summed E-state index contributed by atoms with van der Waals surface area (Å²) >= 11 is 0. The zero-order valence-corrected chi connectivity index (χ0v) is 12.8. The predicted molar refractivity (Wildman–Crippen MR) is 82.3 cm³/mol. The van der Waals surface area contributed by atoms with E-state index in [-0.39, 0.29) is 5.97 Å². The molecule has 0 radical (unpaired) electrons. The lowest BCUT2D eigenvalue weighted by atomic mass is 9.73. The molecule has 0 bridgehead atoms. The molecule has 4 nitrogen and oxygen atoms in total. The fraction of sp³-hybridized carbons (Fsp3) is 0.588. The Bertz CT molecular complexity index is 427. The highest BCUT2D eigenvalue weighted by molar-refractivity contribution is 5.83. The maximum Gasteiger partial charge on any atom is 0.316 e. The number of ether oxygens (including phenoxy) is 2. The maximum absolute atomic E-state index is 12.6. The molecule has 1 N–H and O–H groups in total. The maximum atomic E-state index is 12.6. The first kappa shape index (κ1) is 16.0. The van der Waals surface area contributed by atoms with Crippen molar-refractivity contribution < 1.29 is 14.3 Å². The summed E-state index contributed by atoms with van der Waals surface area (Å²) < 4.78 is 10.9. The normalized spacial score (nSPS) is 17.4. The van der Waals surface area contributed by atoms with E-state index in [1.807, 2.05) is 30.3 Å². The van der Waals surface area contributed by atoms with Crippen LogP contribution in [0.3, 0.4) is 0 Å². The van der Waals surface area contributed by atoms with Crippen LogP contribution in [0, 0.1) is 0 Å². The van der Waals surface area contributed by atoms with Gasteiger partial charge in [0.2, 0.25) is 0 Å². The quantitative estimate of drug-likeness (QED) is 0.618. The summed E-state index contributed by atoms with van der Waals surface area (Å²) in [6.07, 6.45) is 2.55. The summed E-state index contributed by atoms with van der Waals surface area (Å²) in [5.74, 6) is -0.115. The smallest absolute Gasteiger partial charge is 0.316 e. The predicted octanol–water partition coefficient (Wildman–Crippen LogP) is 2.28. The Morgan fingerprint density at radius 3 is 2.52 bits per heavy atom. The van der Waals surface area contributed by atoms with Gasteiger partial charge in [-0.05, 0) is 37.9 Å². The van der Waals surface area contributed by atoms with Crippen molar-refractivity contribution in [1.29, 1.82) is 0 Å². The average Bonchev–Trinajstić information content (AvgIpc) is 2.56. The molecule has 0 atom stereocenters. The van der Waals surface area contributed by atoms with E-state index in [0.29, 0.717) is 19.8 Å². The van der Waals surface area contributed by atoms with Gasteiger partial charge >= 0.3 is 5.97 Å². The van der Waals surface area contributed by atoms with Crippen molar-refractivity contribution in [3.8, 4) is 0 Å². The SMILES string of the molecule is CCCOCCOC(=O)C1(c2ccccc2)CCNCC1. The van der Waals surface area contributed by atoms with E-state index in [1.54, 1.807) is 0 Å². The number of carbonyl (C=O) groups excluding carboxylic acids is 1. The summed E-state index contributed by atoms with van der Waals surface area (Å²) in [5, 5.41) is 3.32. The topological polar surface area (TPSA) is 47.6 Å². The lowest BCUT2D eigenvalue weighted by Gasteiger charge is -2.35. The molecule has 1 fully saturated rings. The lowest BCUT2D eigenvalue weighted by molar-refractivity contribution is -0.153. The second kappa shape index (κ2) is 8.15. The lowest BCUT2D eigenvalue weighted by Crippen LogP contribution is -2.46. The van der Waals surface area contributed by atoms with Gasteiger partial charge in [0.25, 0.3) is 0 Å². The van der Waals surface area contributed by atoms with E-state index in [0.717, 1.165) is 37.9 Å². The van der Waals surface area contributed by atoms with Crippen molar-refractivity contribution >= 4 is 5.97 Å². The molecule has 0 aliphatic carbocycles. The first-order valence-corrected chi connectivity index (χ1v) is 7.81. The van der Waals surface area contributed by atoms with Crippen LogP contribution in [-0.4, -0.2) is 38.9 Å². The van der Waals surface area contributed by atoms with E-state index in [1.165, 1.54) is 0 Å². The number of benzene rings is 1. The van der Waals surface area contributed by atoms with Gasteiger partial charge in [0.1, 0.15) is 6.61 Å². The first-order chi connectivity index (χ1) is 10.3. The van der Waals surface area contributed by atoms with Gasteiger partial charge in [-0.1, -0.05) is 37.3 Å². The van der Waals surface area contributed by atoms with Crippen LogP contribution < -0.4 is 5.32 Å². The monoisotopic (exact) mass is 291 g/mol. The standard InChI is InChI=1S/C17H25NO3/c1-2-12-20-13-14-21-16(19)17(8-10-18-11-9-17)15-6-4-3-5-7-15/h3-7,18H,2,8-14H2,1H3. The summed E-state index contributed by atoms with van der Waals surface area (Å²) in [6, 6.07) is 10.00. The number of hydrogen-bond donors (Lipinski definition) is 1. The van der Waals surface area contributed by atoms with Crippen LogP contribution in [0.4, 0.5) is 0 Å². The number of piperidine rings is 1. The Kier molecular flexibility index (Phi) is 6.21. The molecule has 0 saturated carbocycles. The first-order valence-electron chi connectivity index (χ1n) is 7.81. The number of esters is 1. The minimum absolute atomic E-state index is 0.115. The number of carbonyl (C=O) groups is 1. The van der Waals surface area contributed by atoms with Crippen LogP contribution in [0.15, 0.2) is 30.3 Å². The van der Waals surface area contributed by atoms with Gasteiger partial charge in [-0.2, -0.15) is 0 Å². The van der Waals surface area contributed by atoms with Gasteiger partial charge in [0.15, 0.2) is 0 Å². The van der Waals surface area contributed by atoms with Gasteiger partial charge in [-0.15, -0.1) is 0 Å². The van der Waals surface area contributed by atoms with Gasteiger partial charge in [0.05, 0.1) is 12.0 Å². The van der Waals surface area contributed by atoms with Crippen molar-refractivity contribution in [2.24, 2.45) is 0 Å². The zero-order valence-electron chi connectivity index (χ0n) is 12.8. The van der Waals surface area contributed by atoms with Crippen molar-refractivity contribution in [3.63, 3.8) is 0 Å². The number of nitrogens with one attached hydrogen (secondary N) is 1. The molecule has 0 aromatic heterocycles. The van der Waals surface area contributed by atoms with Crippen molar-refractivity contribution in [3.05, 3.63) is 35.9 Å². The van der Waals surface area contributed by atoms with Crippen molar-refractivity contribution in [2.45, 2.75) is 31.6 Å². The Hall–Kier alpha value is -1.39. The fourth-order valence-corrected chi connectivity index (χ4v) is 2.80. The third-order valence-electron chi connectivity index (χ3n) is 3.98. The van der Waals surface area contributed by atoms with Crippen LogP contribution in [0.25, 0.3) is 0 Å². The largest absolute Gasteiger partial charge is 0.463 e. The highest BCUT2D eigenvalue weighted by Gasteiger charge is 2.42. The Morgan fingerprint density at radius 1 is 1.14 bits per heavy atom. The fourth-order valence-electron chi connectivity index (χ4n) is 2.80. The molecule has 1 aliphatic heterocycles. The highest BCUT2D eigenvalue weighted by atomic mass is 16.6. The minimum atomic E-state index is -0.503. The van der Waals surface area contributed by atoms with Gasteiger partial charge in [0, 0.05) is 6.61 Å². The van der Waals surface area contributed by atoms with Crippen molar-refractivity contribution in [2.75, 3.05) is 32.9 Å². The third kappa shape index (κ3) is 4.05. The summed E-state index contributed by atoms with van der Waals surface area (Å²) in [4.78, 5) is 12.6. The van der Waals surface area contributed by atoms with E-state index >= 15 is 0 Å².